The lowest BCUT2D eigenvalue weighted by molar-refractivity contribution is 0.103. The van der Waals surface area contributed by atoms with Crippen molar-refractivity contribution in [3.8, 4) is 11.1 Å². The average molecular weight is 418 g/mol. The molecule has 2 N–H and O–H groups in total. The van der Waals surface area contributed by atoms with Crippen molar-refractivity contribution in [2.24, 2.45) is 0 Å². The van der Waals surface area contributed by atoms with Crippen molar-refractivity contribution in [2.75, 3.05) is 5.32 Å². The molecule has 3 nitrogen and oxygen atoms in total. The summed E-state index contributed by atoms with van der Waals surface area (Å²) in [5, 5.41) is 12.7. The highest BCUT2D eigenvalue weighted by Crippen LogP contribution is 2.40. The van der Waals surface area contributed by atoms with E-state index in [9.17, 15) is 9.90 Å². The highest BCUT2D eigenvalue weighted by atomic mass is 16.3. The third-order valence-corrected chi connectivity index (χ3v) is 6.07. The minimum atomic E-state index is 0.0230. The van der Waals surface area contributed by atoms with Crippen LogP contribution in [-0.2, 0) is 6.61 Å². The molecular weight excluding hydrogens is 394 g/mol. The van der Waals surface area contributed by atoms with E-state index < -0.39 is 0 Å². The lowest BCUT2D eigenvalue weighted by Gasteiger charge is -2.25. The number of ketones is 1. The Bertz CT molecular complexity index is 1350. The Morgan fingerprint density at radius 3 is 2.06 bits per heavy atom. The largest absolute Gasteiger partial charge is 0.392 e. The van der Waals surface area contributed by atoms with Crippen molar-refractivity contribution < 1.29 is 9.90 Å². The summed E-state index contributed by atoms with van der Waals surface area (Å²) in [6.45, 7) is 6.36. The summed E-state index contributed by atoms with van der Waals surface area (Å²) in [7, 11) is 0. The molecule has 0 aromatic heterocycles. The predicted molar refractivity (Wildman–Crippen MR) is 130 cm³/mol. The van der Waals surface area contributed by atoms with Gasteiger partial charge in [0.05, 0.1) is 17.9 Å². The van der Waals surface area contributed by atoms with E-state index in [0.717, 1.165) is 50.3 Å². The number of anilines is 2. The molecule has 4 aromatic carbocycles. The van der Waals surface area contributed by atoms with Gasteiger partial charge >= 0.3 is 0 Å². The number of carbonyl (C=O) groups is 1. The fourth-order valence-corrected chi connectivity index (χ4v) is 4.35. The summed E-state index contributed by atoms with van der Waals surface area (Å²) in [6, 6.07) is 27.7. The summed E-state index contributed by atoms with van der Waals surface area (Å²) < 4.78 is 0. The summed E-state index contributed by atoms with van der Waals surface area (Å²) >= 11 is 0. The molecule has 0 atom stereocenters. The van der Waals surface area contributed by atoms with E-state index in [2.05, 4.69) is 11.9 Å². The molecule has 0 saturated heterocycles. The van der Waals surface area contributed by atoms with Crippen LogP contribution in [0.25, 0.3) is 16.7 Å². The first kappa shape index (κ1) is 20.0. The van der Waals surface area contributed by atoms with Crippen LogP contribution in [0.2, 0.25) is 0 Å². The fraction of sp³-hybridized carbons (Fsp3) is 0.0690. The third-order valence-electron chi connectivity index (χ3n) is 6.07. The van der Waals surface area contributed by atoms with Gasteiger partial charge in [-0.3, -0.25) is 4.79 Å². The molecule has 0 bridgehead atoms. The van der Waals surface area contributed by atoms with Crippen molar-refractivity contribution in [3.05, 3.63) is 125 Å². The smallest absolute Gasteiger partial charge is 0.196 e. The van der Waals surface area contributed by atoms with Crippen LogP contribution in [0.4, 0.5) is 11.4 Å². The molecule has 3 heteroatoms. The van der Waals surface area contributed by atoms with Crippen LogP contribution < -0.4 is 5.32 Å². The van der Waals surface area contributed by atoms with Crippen LogP contribution in [0, 0.1) is 6.92 Å². The van der Waals surface area contributed by atoms with Crippen molar-refractivity contribution in [3.63, 3.8) is 0 Å². The number of rotatable bonds is 4. The van der Waals surface area contributed by atoms with Crippen LogP contribution in [0.3, 0.4) is 0 Å². The highest BCUT2D eigenvalue weighted by Gasteiger charge is 2.29. The summed E-state index contributed by atoms with van der Waals surface area (Å²) in [6.07, 6.45) is 0. The summed E-state index contributed by atoms with van der Waals surface area (Å²) in [4.78, 5) is 13.4. The fourth-order valence-electron chi connectivity index (χ4n) is 4.35. The quantitative estimate of drug-likeness (QED) is 0.351. The van der Waals surface area contributed by atoms with Gasteiger partial charge in [0, 0.05) is 11.3 Å². The van der Waals surface area contributed by atoms with Crippen LogP contribution in [0.15, 0.2) is 91.5 Å². The Kier molecular flexibility index (Phi) is 4.96. The molecule has 0 spiro atoms. The number of aryl methyl sites for hydroxylation is 1. The molecule has 1 aliphatic rings. The molecule has 5 rings (SSSR count). The van der Waals surface area contributed by atoms with E-state index in [1.54, 1.807) is 0 Å². The van der Waals surface area contributed by atoms with Gasteiger partial charge in [0.2, 0.25) is 0 Å². The van der Waals surface area contributed by atoms with Gasteiger partial charge in [-0.25, -0.2) is 0 Å². The first-order valence-electron chi connectivity index (χ1n) is 10.6. The van der Waals surface area contributed by atoms with E-state index in [1.165, 1.54) is 0 Å². The standard InChI is InChI=1S/C29H23NO2/c1-18-7-16-26(28-27(18)19(2)24-5-3-4-6-25(24)29(28)32)30-23-14-12-22(13-15-23)21-10-8-20(17-31)9-11-21/h3-16,30-31H,2,17H2,1H3. The Labute approximate surface area is 187 Å². The molecule has 0 amide bonds. The van der Waals surface area contributed by atoms with Gasteiger partial charge in [-0.15, -0.1) is 0 Å². The molecular formula is C29H23NO2. The molecule has 1 aliphatic carbocycles. The van der Waals surface area contributed by atoms with Crippen molar-refractivity contribution >= 4 is 22.7 Å². The molecule has 4 aromatic rings. The van der Waals surface area contributed by atoms with Gasteiger partial charge < -0.3 is 10.4 Å². The number of hydrogen-bond donors (Lipinski definition) is 2. The zero-order valence-electron chi connectivity index (χ0n) is 17.9. The maximum Gasteiger partial charge on any atom is 0.196 e. The first-order valence-corrected chi connectivity index (χ1v) is 10.6. The first-order chi connectivity index (χ1) is 15.6. The number of aliphatic hydroxyl groups is 1. The topological polar surface area (TPSA) is 49.3 Å². The Morgan fingerprint density at radius 1 is 0.781 bits per heavy atom. The molecule has 0 fully saturated rings. The number of carbonyl (C=O) groups excluding carboxylic acids is 1. The lowest BCUT2D eigenvalue weighted by Crippen LogP contribution is -2.17. The minimum Gasteiger partial charge on any atom is -0.392 e. The Hall–Kier alpha value is -3.95. The Balaban J connectivity index is 1.49. The number of hydrogen-bond acceptors (Lipinski definition) is 3. The molecule has 0 aliphatic heterocycles. The van der Waals surface area contributed by atoms with Crippen LogP contribution in [0.5, 0.6) is 0 Å². The number of aliphatic hydroxyl groups excluding tert-OH is 1. The van der Waals surface area contributed by atoms with Gasteiger partial charge in [-0.1, -0.05) is 73.3 Å². The van der Waals surface area contributed by atoms with Gasteiger partial charge in [-0.2, -0.15) is 0 Å². The van der Waals surface area contributed by atoms with E-state index >= 15 is 0 Å². The monoisotopic (exact) mass is 417 g/mol. The number of nitrogens with one attached hydrogen (secondary N) is 1. The average Bonchev–Trinajstić information content (AvgIpc) is 2.84. The maximum atomic E-state index is 13.4. The van der Waals surface area contributed by atoms with Crippen molar-refractivity contribution in [1.82, 2.24) is 0 Å². The summed E-state index contributed by atoms with van der Waals surface area (Å²) in [5.41, 5.74) is 9.88. The molecule has 0 radical (unpaired) electrons. The van der Waals surface area contributed by atoms with E-state index in [0.29, 0.717) is 11.1 Å². The Morgan fingerprint density at radius 2 is 1.41 bits per heavy atom. The van der Waals surface area contributed by atoms with Crippen molar-refractivity contribution in [1.29, 1.82) is 0 Å². The predicted octanol–water partition coefficient (Wildman–Crippen LogP) is 6.50. The van der Waals surface area contributed by atoms with E-state index in [-0.39, 0.29) is 12.4 Å². The van der Waals surface area contributed by atoms with Crippen molar-refractivity contribution in [2.45, 2.75) is 13.5 Å². The van der Waals surface area contributed by atoms with Crippen LogP contribution in [0.1, 0.15) is 38.2 Å². The zero-order valence-corrected chi connectivity index (χ0v) is 17.9. The van der Waals surface area contributed by atoms with Gasteiger partial charge in [-0.05, 0) is 64.1 Å². The number of fused-ring (bicyclic) bond motifs is 2. The van der Waals surface area contributed by atoms with Crippen LogP contribution in [-0.4, -0.2) is 10.9 Å². The minimum absolute atomic E-state index is 0.0230. The summed E-state index contributed by atoms with van der Waals surface area (Å²) in [5.74, 6) is 0.0230. The van der Waals surface area contributed by atoms with Gasteiger partial charge in [0.1, 0.15) is 0 Å². The van der Waals surface area contributed by atoms with E-state index in [4.69, 9.17) is 0 Å². The molecule has 156 valence electrons. The normalized spacial score (nSPS) is 12.3. The SMILES string of the molecule is C=C1c2ccccc2C(=O)c2c(Nc3ccc(-c4ccc(CO)cc4)cc3)ccc(C)c21. The second-order valence-electron chi connectivity index (χ2n) is 8.09. The van der Waals surface area contributed by atoms with Crippen LogP contribution >= 0.6 is 0 Å². The number of benzene rings is 4. The molecule has 0 saturated carbocycles. The third kappa shape index (κ3) is 3.33. The van der Waals surface area contributed by atoms with E-state index in [1.807, 2.05) is 91.9 Å². The zero-order chi connectivity index (χ0) is 22.2. The van der Waals surface area contributed by atoms with Gasteiger partial charge in [0.15, 0.2) is 5.78 Å². The highest BCUT2D eigenvalue weighted by molar-refractivity contribution is 6.21. The second kappa shape index (κ2) is 7.95. The maximum absolute atomic E-state index is 13.4. The van der Waals surface area contributed by atoms with Gasteiger partial charge in [0.25, 0.3) is 0 Å². The molecule has 0 heterocycles. The second-order valence-corrected chi connectivity index (χ2v) is 8.09. The molecule has 32 heavy (non-hydrogen) atoms. The lowest BCUT2D eigenvalue weighted by atomic mass is 9.79. The molecule has 0 unspecified atom stereocenters.